The molecule has 0 bridgehead atoms. The van der Waals surface area contributed by atoms with Crippen LogP contribution in [-0.2, 0) is 18.9 Å². The summed E-state index contributed by atoms with van der Waals surface area (Å²) >= 11 is 6.59. The summed E-state index contributed by atoms with van der Waals surface area (Å²) in [5.74, 6) is 0.751. The quantitative estimate of drug-likeness (QED) is 0.0230. The molecule has 0 unspecified atom stereocenters. The van der Waals surface area contributed by atoms with Crippen molar-refractivity contribution in [1.29, 1.82) is 0 Å². The van der Waals surface area contributed by atoms with Gasteiger partial charge in [0.2, 0.25) is 5.91 Å². The molecule has 9 heterocycles. The maximum Gasteiger partial charge on any atom is 0.257 e. The summed E-state index contributed by atoms with van der Waals surface area (Å²) in [6.07, 6.45) is 25.5. The number of likely N-dealkylation sites (tertiary alicyclic amines) is 1. The fraction of sp³-hybridized carbons (Fsp3) is 0.296. The van der Waals surface area contributed by atoms with Crippen molar-refractivity contribution in [3.05, 3.63) is 231 Å². The van der Waals surface area contributed by atoms with Gasteiger partial charge in [0.25, 0.3) is 5.92 Å². The van der Waals surface area contributed by atoms with Crippen LogP contribution in [0.15, 0.2) is 220 Å². The third kappa shape index (κ3) is 25.3. The molecular weight excluding hydrogens is 1720 g/mol. The number of carbonyl (C=O) groups is 1. The van der Waals surface area contributed by atoms with E-state index in [1.54, 1.807) is 126 Å². The second-order valence-corrected chi connectivity index (χ2v) is 32.4. The Morgan fingerprint density at radius 1 is 0.459 bits per heavy atom. The Morgan fingerprint density at radius 2 is 0.865 bits per heavy atom. The third-order valence-electron chi connectivity index (χ3n) is 21.9. The molecule has 16 aromatic rings. The number of fused-ring (bicyclic) bond motifs is 4. The Hall–Kier alpha value is -14.6. The molecule has 690 valence electrons. The number of H-pyrrole nitrogens is 2. The average Bonchev–Trinajstić information content (AvgIpc) is 1.31. The third-order valence-corrected chi connectivity index (χ3v) is 22.2. The molecule has 0 radical (unpaired) electrons. The second kappa shape index (κ2) is 44.8. The van der Waals surface area contributed by atoms with Crippen LogP contribution in [0, 0.1) is 5.82 Å². The van der Waals surface area contributed by atoms with E-state index in [0.717, 1.165) is 193 Å². The first-order chi connectivity index (χ1) is 64.4. The number of halogens is 4. The van der Waals surface area contributed by atoms with E-state index in [2.05, 4.69) is 105 Å². The van der Waals surface area contributed by atoms with Crippen molar-refractivity contribution < 1.29 is 46.4 Å². The van der Waals surface area contributed by atoms with E-state index in [9.17, 15) is 18.0 Å². The number of amides is 1. The van der Waals surface area contributed by atoms with E-state index < -0.39 is 5.92 Å². The first kappa shape index (κ1) is 94.5. The summed E-state index contributed by atoms with van der Waals surface area (Å²) in [4.78, 5) is 59.9. The molecule has 1 aliphatic rings. The first-order valence-electron chi connectivity index (χ1n) is 43.5. The number of aryl methyl sites for hydroxylation is 2. The molecule has 35 heteroatoms. The Labute approximate surface area is 774 Å². The zero-order valence-corrected chi connectivity index (χ0v) is 77.1. The summed E-state index contributed by atoms with van der Waals surface area (Å²) in [5.41, 5.74) is 19.9. The predicted octanol–water partition coefficient (Wildman–Crippen LogP) is 17.8. The highest BCUT2D eigenvalue weighted by Crippen LogP contribution is 2.40. The van der Waals surface area contributed by atoms with E-state index in [0.29, 0.717) is 72.4 Å². The Bertz CT molecular complexity index is 6510. The highest BCUT2D eigenvalue weighted by atomic mass is 35.5. The van der Waals surface area contributed by atoms with Crippen molar-refractivity contribution >= 4 is 107 Å². The minimum atomic E-state index is -2.75. The van der Waals surface area contributed by atoms with Crippen LogP contribution in [0.4, 0.5) is 58.7 Å². The van der Waals surface area contributed by atoms with Gasteiger partial charge in [0.1, 0.15) is 40.3 Å². The van der Waals surface area contributed by atoms with E-state index >= 15 is 0 Å². The van der Waals surface area contributed by atoms with Crippen LogP contribution in [0.25, 0.3) is 89.2 Å². The number of hydrogen-bond acceptors (Lipinski definition) is 26. The van der Waals surface area contributed by atoms with Crippen LogP contribution in [0.2, 0.25) is 5.02 Å². The van der Waals surface area contributed by atoms with Crippen molar-refractivity contribution in [2.75, 3.05) is 134 Å². The fourth-order valence-electron chi connectivity index (χ4n) is 15.2. The van der Waals surface area contributed by atoms with Gasteiger partial charge in [-0.15, -0.1) is 0 Å². The Morgan fingerprint density at radius 3 is 1.26 bits per heavy atom. The number of benzene rings is 8. The highest BCUT2D eigenvalue weighted by Gasteiger charge is 2.24. The molecule has 0 atom stereocenters. The standard InChI is InChI=1S/C26H30F2N6O2.C25H27FN6O.C24H26N6O3.C23H25ClN6O/c1-26(27,28)17-29-8-5-9-34(20-10-21(35-3)13-22(11-20)36-4)19-6-7-23-24(12-19)32-25(15-30-23)18-14-31-33(2)16-18;1-33-22-12-19(26)11-21(13-22)32(10-4-9-31-7-2-3-8-31)20-5-6-23-24(14-20)30-25(17-27-23)18-15-28-29-16-18;1-16(31)25-7-8-30(19-9-20(32-3)12-21(10-19)33-4)18-5-6-22-23(11-18)28-24(14-26-22)17-13-27-29(2)15-17;1-15(2)25-8-9-30(23-11-18(31-3)5-6-19(23)24)17-4-7-20-21(10-17)29-22(14-26-20)16-12-27-28-13-16/h6-7,10-16,29H,5,8-9,17H2,1-4H3;5-6,11-17H,2-4,7-10H2,1H3,(H,28,29);5-6,9-15H,7-8H2,1-4H3,(H,25,31);4-7,10-15,25H,8-9H2,1-3H3,(H,27,28). The lowest BCUT2D eigenvalue weighted by molar-refractivity contribution is -0.118. The molecular formula is C98H108ClF3N24O7. The van der Waals surface area contributed by atoms with Crippen LogP contribution >= 0.6 is 11.6 Å². The van der Waals surface area contributed by atoms with Gasteiger partial charge in [-0.25, -0.2) is 33.1 Å². The Kier molecular flexibility index (Phi) is 31.8. The van der Waals surface area contributed by atoms with Gasteiger partial charge in [0, 0.05) is 215 Å². The lowest BCUT2D eigenvalue weighted by Crippen LogP contribution is -2.32. The SMILES string of the molecule is COc1cc(F)cc(N(CCCN2CCCC2)c2ccc3ncc(-c4cn[nH]c4)nc3c2)c1.COc1cc(OC)cc(N(CCCNCC(C)(F)F)c2ccc3ncc(-c4cnn(C)c4)nc3c2)c1.COc1cc(OC)cc(N(CCNC(C)=O)c2ccc3ncc(-c4cnn(C)c4)nc3c2)c1.COc1ccc(Cl)c(N(CCNC(C)C)c2ccc3ncc(-c4cn[nH]c4)nc3c2)c1. The van der Waals surface area contributed by atoms with E-state index in [4.69, 9.17) is 60.0 Å². The Balaban J connectivity index is 0.000000143. The monoisotopic (exact) mass is 1820 g/mol. The van der Waals surface area contributed by atoms with E-state index in [-0.39, 0.29) is 18.3 Å². The normalized spacial score (nSPS) is 11.9. The van der Waals surface area contributed by atoms with Gasteiger partial charge in [0.15, 0.2) is 0 Å². The number of aromatic amines is 2. The average molecular weight is 1830 g/mol. The number of carbonyl (C=O) groups excluding carboxylic acids is 1. The lowest BCUT2D eigenvalue weighted by Gasteiger charge is -2.27. The molecule has 1 fully saturated rings. The molecule has 8 aromatic heterocycles. The minimum Gasteiger partial charge on any atom is -0.497 e. The lowest BCUT2D eigenvalue weighted by atomic mass is 10.1. The number of anilines is 8. The number of nitrogens with one attached hydrogen (secondary N) is 5. The molecule has 0 aliphatic carbocycles. The summed E-state index contributed by atoms with van der Waals surface area (Å²) in [5, 5.41) is 31.9. The number of methoxy groups -OCH3 is 6. The second-order valence-electron chi connectivity index (χ2n) is 32.0. The van der Waals surface area contributed by atoms with Crippen LogP contribution in [-0.4, -0.2) is 217 Å². The van der Waals surface area contributed by atoms with Gasteiger partial charge in [-0.1, -0.05) is 25.4 Å². The number of hydrogen-bond donors (Lipinski definition) is 5. The largest absolute Gasteiger partial charge is 0.497 e. The summed E-state index contributed by atoms with van der Waals surface area (Å²) < 4.78 is 76.8. The molecule has 1 saturated heterocycles. The smallest absolute Gasteiger partial charge is 0.257 e. The molecule has 133 heavy (non-hydrogen) atoms. The minimum absolute atomic E-state index is 0.0799. The zero-order chi connectivity index (χ0) is 93.5. The van der Waals surface area contributed by atoms with Gasteiger partial charge in [-0.05, 0) is 143 Å². The summed E-state index contributed by atoms with van der Waals surface area (Å²) in [6, 6.07) is 46.0. The van der Waals surface area contributed by atoms with Crippen molar-refractivity contribution in [2.24, 2.45) is 14.1 Å². The molecule has 17 rings (SSSR count). The fourth-order valence-corrected chi connectivity index (χ4v) is 15.4. The van der Waals surface area contributed by atoms with Crippen LogP contribution in [0.5, 0.6) is 34.5 Å². The molecule has 0 saturated carbocycles. The van der Waals surface area contributed by atoms with Gasteiger partial charge in [-0.2, -0.15) is 20.4 Å². The first-order valence-corrected chi connectivity index (χ1v) is 43.9. The van der Waals surface area contributed by atoms with Crippen LogP contribution < -0.4 is 64.0 Å². The molecule has 8 aromatic carbocycles. The number of ether oxygens (including phenoxy) is 6. The molecule has 5 N–H and O–H groups in total. The van der Waals surface area contributed by atoms with E-state index in [1.165, 1.54) is 25.8 Å². The zero-order valence-electron chi connectivity index (χ0n) is 76.3. The van der Waals surface area contributed by atoms with Gasteiger partial charge in [-0.3, -0.25) is 44.3 Å². The highest BCUT2D eigenvalue weighted by molar-refractivity contribution is 6.33. The maximum atomic E-state index is 14.4. The van der Waals surface area contributed by atoms with Crippen molar-refractivity contribution in [3.63, 3.8) is 0 Å². The van der Waals surface area contributed by atoms with Gasteiger partial charge in [0.05, 0.1) is 176 Å². The molecule has 31 nitrogen and oxygen atoms in total. The van der Waals surface area contributed by atoms with Crippen molar-refractivity contribution in [2.45, 2.75) is 65.3 Å². The van der Waals surface area contributed by atoms with Gasteiger partial charge < -0.3 is 68.9 Å². The molecule has 0 spiro atoms. The van der Waals surface area contributed by atoms with Crippen molar-refractivity contribution in [1.82, 2.24) is 101 Å². The number of rotatable bonds is 35. The predicted molar refractivity (Wildman–Crippen MR) is 516 cm³/mol. The number of nitrogens with zero attached hydrogens (tertiary/aromatic N) is 19. The van der Waals surface area contributed by atoms with Crippen LogP contribution in [0.1, 0.15) is 53.4 Å². The summed E-state index contributed by atoms with van der Waals surface area (Å²) in [7, 11) is 13.4. The molecule has 1 aliphatic heterocycles. The van der Waals surface area contributed by atoms with Crippen molar-refractivity contribution in [3.8, 4) is 79.5 Å². The number of alkyl halides is 2. The number of aromatic nitrogens is 16. The van der Waals surface area contributed by atoms with Crippen LogP contribution in [0.3, 0.4) is 0 Å². The van der Waals surface area contributed by atoms with Gasteiger partial charge >= 0.3 is 0 Å². The topological polar surface area (TPSA) is 321 Å². The molecule has 1 amide bonds. The summed E-state index contributed by atoms with van der Waals surface area (Å²) in [6.45, 7) is 14.0. The van der Waals surface area contributed by atoms with E-state index in [1.807, 2.05) is 154 Å². The maximum absolute atomic E-state index is 14.4.